The highest BCUT2D eigenvalue weighted by molar-refractivity contribution is 5.48. The van der Waals surface area contributed by atoms with Crippen molar-refractivity contribution in [3.05, 3.63) is 64.0 Å². The Kier molecular flexibility index (Phi) is 4.27. The Morgan fingerprint density at radius 3 is 2.55 bits per heavy atom. The highest BCUT2D eigenvalue weighted by Gasteiger charge is 2.16. The monoisotopic (exact) mass is 276 g/mol. The lowest BCUT2D eigenvalue weighted by Crippen LogP contribution is -2.04. The molecule has 2 aromatic carbocycles. The van der Waals surface area contributed by atoms with Gasteiger partial charge in [-0.2, -0.15) is 0 Å². The molecule has 0 amide bonds. The molecule has 0 atom stereocenters. The Morgan fingerprint density at radius 1 is 1.25 bits per heavy atom. The van der Waals surface area contributed by atoms with Crippen molar-refractivity contribution >= 4 is 5.69 Å². The van der Waals surface area contributed by atoms with Crippen molar-refractivity contribution in [2.24, 2.45) is 0 Å². The van der Waals surface area contributed by atoms with Crippen molar-refractivity contribution in [2.45, 2.75) is 6.54 Å². The molecular weight excluding hydrogens is 263 g/mol. The van der Waals surface area contributed by atoms with E-state index in [1.165, 1.54) is 6.07 Å². The van der Waals surface area contributed by atoms with E-state index >= 15 is 0 Å². The number of hydrogen-bond acceptors (Lipinski definition) is 4. The lowest BCUT2D eigenvalue weighted by atomic mass is 10.2. The molecule has 20 heavy (non-hydrogen) atoms. The molecule has 0 heterocycles. The number of halogens is 1. The number of benzene rings is 2. The van der Waals surface area contributed by atoms with Gasteiger partial charge in [-0.15, -0.1) is 0 Å². The van der Waals surface area contributed by atoms with Gasteiger partial charge in [0, 0.05) is 6.54 Å². The predicted molar refractivity (Wildman–Crippen MR) is 72.3 cm³/mol. The van der Waals surface area contributed by atoms with Gasteiger partial charge in [-0.25, -0.2) is 4.39 Å². The minimum Gasteiger partial charge on any atom is -0.450 e. The van der Waals surface area contributed by atoms with Crippen molar-refractivity contribution in [3.8, 4) is 11.5 Å². The maximum absolute atomic E-state index is 13.0. The number of nitro groups is 1. The van der Waals surface area contributed by atoms with E-state index in [2.05, 4.69) is 5.32 Å². The van der Waals surface area contributed by atoms with E-state index in [1.807, 2.05) is 19.2 Å². The third-order valence-corrected chi connectivity index (χ3v) is 2.65. The first-order chi connectivity index (χ1) is 9.60. The van der Waals surface area contributed by atoms with Crippen LogP contribution >= 0.6 is 0 Å². The molecule has 2 aromatic rings. The summed E-state index contributed by atoms with van der Waals surface area (Å²) in [5, 5.41) is 13.9. The van der Waals surface area contributed by atoms with Crippen LogP contribution in [0.2, 0.25) is 0 Å². The van der Waals surface area contributed by atoms with Gasteiger partial charge in [0.1, 0.15) is 11.6 Å². The van der Waals surface area contributed by atoms with Gasteiger partial charge in [-0.3, -0.25) is 10.1 Å². The fourth-order valence-electron chi connectivity index (χ4n) is 1.73. The van der Waals surface area contributed by atoms with Crippen LogP contribution in [0.1, 0.15) is 5.56 Å². The molecule has 0 spiro atoms. The highest BCUT2D eigenvalue weighted by Crippen LogP contribution is 2.31. The highest BCUT2D eigenvalue weighted by atomic mass is 19.1. The lowest BCUT2D eigenvalue weighted by Gasteiger charge is -2.07. The van der Waals surface area contributed by atoms with Gasteiger partial charge < -0.3 is 10.1 Å². The Bertz CT molecular complexity index is 614. The topological polar surface area (TPSA) is 64.4 Å². The molecule has 5 nitrogen and oxygen atoms in total. The molecule has 1 N–H and O–H groups in total. The van der Waals surface area contributed by atoms with Crippen LogP contribution in [0.4, 0.5) is 10.1 Å². The summed E-state index contributed by atoms with van der Waals surface area (Å²) in [6.07, 6.45) is 0. The first-order valence-corrected chi connectivity index (χ1v) is 5.95. The van der Waals surface area contributed by atoms with Gasteiger partial charge >= 0.3 is 5.69 Å². The van der Waals surface area contributed by atoms with Gasteiger partial charge in [-0.05, 0) is 36.9 Å². The van der Waals surface area contributed by atoms with Crippen molar-refractivity contribution in [3.63, 3.8) is 0 Å². The lowest BCUT2D eigenvalue weighted by molar-refractivity contribution is -0.385. The minimum atomic E-state index is -0.673. The quantitative estimate of drug-likeness (QED) is 0.672. The minimum absolute atomic E-state index is 0.0118. The number of hydrogen-bond donors (Lipinski definition) is 1. The van der Waals surface area contributed by atoms with Crippen LogP contribution in [-0.2, 0) is 6.54 Å². The standard InChI is InChI=1S/C14H13FN2O3/c1-16-9-10-2-5-12(6-3-10)20-14-7-4-11(15)8-13(14)17(18)19/h2-8,16H,9H2,1H3. The van der Waals surface area contributed by atoms with Gasteiger partial charge in [0.2, 0.25) is 5.75 Å². The second-order valence-corrected chi connectivity index (χ2v) is 4.15. The van der Waals surface area contributed by atoms with E-state index in [-0.39, 0.29) is 5.75 Å². The molecular formula is C14H13FN2O3. The molecule has 0 radical (unpaired) electrons. The van der Waals surface area contributed by atoms with E-state index in [0.717, 1.165) is 24.2 Å². The number of nitrogens with zero attached hydrogens (tertiary/aromatic N) is 1. The van der Waals surface area contributed by atoms with E-state index in [9.17, 15) is 14.5 Å². The maximum atomic E-state index is 13.0. The molecule has 0 saturated heterocycles. The molecule has 0 saturated carbocycles. The summed E-state index contributed by atoms with van der Waals surface area (Å²) in [7, 11) is 1.84. The summed E-state index contributed by atoms with van der Waals surface area (Å²) in [5.41, 5.74) is 0.665. The zero-order valence-electron chi connectivity index (χ0n) is 10.8. The molecule has 0 aromatic heterocycles. The molecule has 0 aliphatic carbocycles. The molecule has 0 aliphatic rings. The van der Waals surface area contributed by atoms with E-state index in [0.29, 0.717) is 5.75 Å². The van der Waals surface area contributed by atoms with Crippen molar-refractivity contribution < 1.29 is 14.1 Å². The smallest absolute Gasteiger partial charge is 0.314 e. The summed E-state index contributed by atoms with van der Waals surface area (Å²) >= 11 is 0. The van der Waals surface area contributed by atoms with E-state index in [1.54, 1.807) is 12.1 Å². The molecule has 0 unspecified atom stereocenters. The summed E-state index contributed by atoms with van der Waals surface area (Å²) in [5.74, 6) is -0.203. The van der Waals surface area contributed by atoms with Gasteiger partial charge in [0.25, 0.3) is 0 Å². The molecule has 0 fully saturated rings. The first kappa shape index (κ1) is 14.0. The average Bonchev–Trinajstić information content (AvgIpc) is 2.43. The van der Waals surface area contributed by atoms with E-state index in [4.69, 9.17) is 4.74 Å². The van der Waals surface area contributed by atoms with Crippen LogP contribution in [0, 0.1) is 15.9 Å². The summed E-state index contributed by atoms with van der Waals surface area (Å²) < 4.78 is 18.4. The fourth-order valence-corrected chi connectivity index (χ4v) is 1.73. The fraction of sp³-hybridized carbons (Fsp3) is 0.143. The van der Waals surface area contributed by atoms with Crippen molar-refractivity contribution in [2.75, 3.05) is 7.05 Å². The normalized spacial score (nSPS) is 10.3. The van der Waals surface area contributed by atoms with Gasteiger partial charge in [-0.1, -0.05) is 12.1 Å². The summed E-state index contributed by atoms with van der Waals surface area (Å²) in [4.78, 5) is 10.2. The number of ether oxygens (including phenoxy) is 1. The second-order valence-electron chi connectivity index (χ2n) is 4.15. The number of nitro benzene ring substituents is 1. The van der Waals surface area contributed by atoms with Gasteiger partial charge in [0.15, 0.2) is 0 Å². The Morgan fingerprint density at radius 2 is 1.95 bits per heavy atom. The van der Waals surface area contributed by atoms with Crippen LogP contribution in [0.3, 0.4) is 0 Å². The molecule has 0 aliphatic heterocycles. The summed E-state index contributed by atoms with van der Waals surface area (Å²) in [6, 6.07) is 10.3. The van der Waals surface area contributed by atoms with Gasteiger partial charge in [0.05, 0.1) is 11.0 Å². The van der Waals surface area contributed by atoms with Crippen molar-refractivity contribution in [1.82, 2.24) is 5.32 Å². The van der Waals surface area contributed by atoms with E-state index < -0.39 is 16.4 Å². The number of rotatable bonds is 5. The Labute approximate surface area is 115 Å². The molecule has 104 valence electrons. The average molecular weight is 276 g/mol. The second kappa shape index (κ2) is 6.12. The molecule has 2 rings (SSSR count). The SMILES string of the molecule is CNCc1ccc(Oc2ccc(F)cc2[N+](=O)[O-])cc1. The predicted octanol–water partition coefficient (Wildman–Crippen LogP) is 3.25. The third-order valence-electron chi connectivity index (χ3n) is 2.65. The third kappa shape index (κ3) is 3.30. The number of nitrogens with one attached hydrogen (secondary N) is 1. The zero-order chi connectivity index (χ0) is 14.5. The first-order valence-electron chi connectivity index (χ1n) is 5.95. The van der Waals surface area contributed by atoms with Crippen LogP contribution in [0.25, 0.3) is 0 Å². The largest absolute Gasteiger partial charge is 0.450 e. The van der Waals surface area contributed by atoms with Crippen LogP contribution < -0.4 is 10.1 Å². The van der Waals surface area contributed by atoms with Crippen molar-refractivity contribution in [1.29, 1.82) is 0 Å². The molecule has 6 heteroatoms. The maximum Gasteiger partial charge on any atom is 0.314 e. The van der Waals surface area contributed by atoms with Crippen LogP contribution in [-0.4, -0.2) is 12.0 Å². The van der Waals surface area contributed by atoms with Crippen LogP contribution in [0.15, 0.2) is 42.5 Å². The van der Waals surface area contributed by atoms with Crippen LogP contribution in [0.5, 0.6) is 11.5 Å². The Balaban J connectivity index is 2.23. The summed E-state index contributed by atoms with van der Waals surface area (Å²) in [6.45, 7) is 0.719. The zero-order valence-corrected chi connectivity index (χ0v) is 10.8. The molecule has 0 bridgehead atoms. The Hall–Kier alpha value is -2.47.